The Morgan fingerprint density at radius 2 is 1.97 bits per heavy atom. The monoisotopic (exact) mass is 458 g/mol. The van der Waals surface area contributed by atoms with Gasteiger partial charge in [0.25, 0.3) is 5.91 Å². The van der Waals surface area contributed by atoms with Crippen LogP contribution in [0.3, 0.4) is 0 Å². The van der Waals surface area contributed by atoms with E-state index in [-0.39, 0.29) is 11.7 Å². The van der Waals surface area contributed by atoms with Crippen molar-refractivity contribution >= 4 is 21.8 Å². The zero-order chi connectivity index (χ0) is 20.6. The second kappa shape index (κ2) is 10.4. The maximum atomic E-state index is 13.5. The van der Waals surface area contributed by atoms with Gasteiger partial charge in [0, 0.05) is 48.7 Å². The van der Waals surface area contributed by atoms with Crippen molar-refractivity contribution in [3.05, 3.63) is 94.0 Å². The van der Waals surface area contributed by atoms with Gasteiger partial charge in [-0.05, 0) is 54.4 Å². The first-order valence-electron chi connectivity index (χ1n) is 9.49. The van der Waals surface area contributed by atoms with Gasteiger partial charge < -0.3 is 14.2 Å². The Morgan fingerprint density at radius 1 is 1.14 bits per heavy atom. The SMILES string of the molecule is COCCCN(Cc1cccn1Cc1cccc(F)c1)C(=O)c1cccc(Br)c1. The van der Waals surface area contributed by atoms with Crippen LogP contribution >= 0.6 is 15.9 Å². The first kappa shape index (κ1) is 21.3. The number of amides is 1. The normalized spacial score (nSPS) is 10.9. The predicted molar refractivity (Wildman–Crippen MR) is 115 cm³/mol. The number of hydrogen-bond acceptors (Lipinski definition) is 2. The van der Waals surface area contributed by atoms with E-state index in [1.54, 1.807) is 13.2 Å². The van der Waals surface area contributed by atoms with E-state index >= 15 is 0 Å². The maximum absolute atomic E-state index is 13.5. The van der Waals surface area contributed by atoms with Gasteiger partial charge in [-0.1, -0.05) is 34.1 Å². The largest absolute Gasteiger partial charge is 0.385 e. The highest BCUT2D eigenvalue weighted by Crippen LogP contribution is 2.17. The summed E-state index contributed by atoms with van der Waals surface area (Å²) in [7, 11) is 1.66. The first-order valence-corrected chi connectivity index (χ1v) is 10.3. The Balaban J connectivity index is 1.79. The molecular weight excluding hydrogens is 435 g/mol. The molecule has 0 spiro atoms. The van der Waals surface area contributed by atoms with Gasteiger partial charge >= 0.3 is 0 Å². The predicted octanol–water partition coefficient (Wildman–Crippen LogP) is 5.12. The summed E-state index contributed by atoms with van der Waals surface area (Å²) in [6.45, 7) is 2.20. The van der Waals surface area contributed by atoms with Gasteiger partial charge in [0.1, 0.15) is 5.82 Å². The lowest BCUT2D eigenvalue weighted by Gasteiger charge is -2.24. The fourth-order valence-electron chi connectivity index (χ4n) is 3.23. The van der Waals surface area contributed by atoms with Crippen molar-refractivity contribution in [2.45, 2.75) is 19.5 Å². The average molecular weight is 459 g/mol. The maximum Gasteiger partial charge on any atom is 0.254 e. The van der Waals surface area contributed by atoms with E-state index in [4.69, 9.17) is 4.74 Å². The quantitative estimate of drug-likeness (QED) is 0.417. The molecule has 0 bridgehead atoms. The molecule has 0 N–H and O–H groups in total. The second-order valence-corrected chi connectivity index (χ2v) is 7.76. The molecule has 0 aliphatic carbocycles. The van der Waals surface area contributed by atoms with Crippen molar-refractivity contribution in [2.75, 3.05) is 20.3 Å². The van der Waals surface area contributed by atoms with E-state index in [2.05, 4.69) is 15.9 Å². The molecule has 3 rings (SSSR count). The number of carbonyl (C=O) groups is 1. The second-order valence-electron chi connectivity index (χ2n) is 6.84. The number of ether oxygens (including phenoxy) is 1. The number of methoxy groups -OCH3 is 1. The van der Waals surface area contributed by atoms with Crippen LogP contribution in [0.1, 0.15) is 28.0 Å². The molecule has 1 heterocycles. The molecule has 0 fully saturated rings. The number of rotatable bonds is 9. The molecule has 0 radical (unpaired) electrons. The molecule has 6 heteroatoms. The topological polar surface area (TPSA) is 34.5 Å². The summed E-state index contributed by atoms with van der Waals surface area (Å²) in [6, 6.07) is 17.9. The highest BCUT2D eigenvalue weighted by Gasteiger charge is 2.18. The third kappa shape index (κ3) is 6.02. The molecule has 152 valence electrons. The van der Waals surface area contributed by atoms with Gasteiger partial charge in [-0.15, -0.1) is 0 Å². The lowest BCUT2D eigenvalue weighted by atomic mass is 10.2. The number of carbonyl (C=O) groups excluding carboxylic acids is 1. The Bertz CT molecular complexity index is 957. The summed E-state index contributed by atoms with van der Waals surface area (Å²) in [4.78, 5) is 15.0. The number of halogens is 2. The Labute approximate surface area is 179 Å². The minimum atomic E-state index is -0.248. The van der Waals surface area contributed by atoms with E-state index in [9.17, 15) is 9.18 Å². The van der Waals surface area contributed by atoms with Crippen molar-refractivity contribution in [2.24, 2.45) is 0 Å². The van der Waals surface area contributed by atoms with E-state index in [0.29, 0.717) is 31.8 Å². The molecule has 0 saturated carbocycles. The number of nitrogens with zero attached hydrogens (tertiary/aromatic N) is 2. The number of aromatic nitrogens is 1. The zero-order valence-electron chi connectivity index (χ0n) is 16.4. The molecule has 0 aliphatic rings. The molecule has 1 amide bonds. The molecule has 0 unspecified atom stereocenters. The Kier molecular flexibility index (Phi) is 7.61. The summed E-state index contributed by atoms with van der Waals surface area (Å²) in [6.07, 6.45) is 2.71. The van der Waals surface area contributed by atoms with Crippen LogP contribution in [0.25, 0.3) is 0 Å². The Hall–Kier alpha value is -2.44. The van der Waals surface area contributed by atoms with Crippen molar-refractivity contribution in [1.82, 2.24) is 9.47 Å². The lowest BCUT2D eigenvalue weighted by molar-refractivity contribution is 0.0719. The molecule has 3 aromatic rings. The third-order valence-corrected chi connectivity index (χ3v) is 5.15. The Morgan fingerprint density at radius 3 is 2.72 bits per heavy atom. The highest BCUT2D eigenvalue weighted by atomic mass is 79.9. The number of benzene rings is 2. The van der Waals surface area contributed by atoms with E-state index < -0.39 is 0 Å². The van der Waals surface area contributed by atoms with Gasteiger partial charge in [0.2, 0.25) is 0 Å². The summed E-state index contributed by atoms with van der Waals surface area (Å²) in [5, 5.41) is 0. The summed E-state index contributed by atoms with van der Waals surface area (Å²) < 4.78 is 21.6. The highest BCUT2D eigenvalue weighted by molar-refractivity contribution is 9.10. The standard InChI is InChI=1S/C23H24BrFN2O2/c1-29-13-5-12-27(23(28)19-7-3-8-20(24)15-19)17-22-10-4-11-26(22)16-18-6-2-9-21(25)14-18/h2-4,6-11,14-15H,5,12-13,16-17H2,1H3. The molecule has 2 aromatic carbocycles. The van der Waals surface area contributed by atoms with Crippen LogP contribution < -0.4 is 0 Å². The lowest BCUT2D eigenvalue weighted by Crippen LogP contribution is -2.33. The van der Waals surface area contributed by atoms with Gasteiger partial charge in [0.05, 0.1) is 6.54 Å². The van der Waals surface area contributed by atoms with Crippen molar-refractivity contribution < 1.29 is 13.9 Å². The van der Waals surface area contributed by atoms with Gasteiger partial charge in [0.15, 0.2) is 0 Å². The van der Waals surface area contributed by atoms with Crippen LogP contribution in [0, 0.1) is 5.82 Å². The summed E-state index contributed by atoms with van der Waals surface area (Å²) >= 11 is 3.43. The number of hydrogen-bond donors (Lipinski definition) is 0. The van der Waals surface area contributed by atoms with Crippen LogP contribution in [0.15, 0.2) is 71.3 Å². The van der Waals surface area contributed by atoms with E-state index in [1.165, 1.54) is 12.1 Å². The molecule has 0 aliphatic heterocycles. The van der Waals surface area contributed by atoms with Gasteiger partial charge in [-0.2, -0.15) is 0 Å². The smallest absolute Gasteiger partial charge is 0.254 e. The first-order chi connectivity index (χ1) is 14.1. The molecular formula is C23H24BrFN2O2. The fourth-order valence-corrected chi connectivity index (χ4v) is 3.63. The van der Waals surface area contributed by atoms with Crippen LogP contribution in [0.5, 0.6) is 0 Å². The van der Waals surface area contributed by atoms with Crippen LogP contribution in [-0.4, -0.2) is 35.6 Å². The summed E-state index contributed by atoms with van der Waals surface area (Å²) in [5.41, 5.74) is 2.52. The van der Waals surface area contributed by atoms with Crippen LogP contribution in [0.2, 0.25) is 0 Å². The minimum absolute atomic E-state index is 0.0269. The molecule has 0 atom stereocenters. The van der Waals surface area contributed by atoms with E-state index in [1.807, 2.05) is 58.1 Å². The van der Waals surface area contributed by atoms with Crippen molar-refractivity contribution in [3.63, 3.8) is 0 Å². The van der Waals surface area contributed by atoms with Gasteiger partial charge in [-0.25, -0.2) is 4.39 Å². The van der Waals surface area contributed by atoms with Crippen molar-refractivity contribution in [1.29, 1.82) is 0 Å². The average Bonchev–Trinajstić information content (AvgIpc) is 3.13. The van der Waals surface area contributed by atoms with Crippen molar-refractivity contribution in [3.8, 4) is 0 Å². The minimum Gasteiger partial charge on any atom is -0.385 e. The summed E-state index contributed by atoms with van der Waals surface area (Å²) in [5.74, 6) is -0.275. The third-order valence-electron chi connectivity index (χ3n) is 4.65. The fraction of sp³-hybridized carbons (Fsp3) is 0.261. The van der Waals surface area contributed by atoms with Gasteiger partial charge in [-0.3, -0.25) is 4.79 Å². The molecule has 1 aromatic heterocycles. The molecule has 0 saturated heterocycles. The van der Waals surface area contributed by atoms with Crippen LogP contribution in [-0.2, 0) is 17.8 Å². The molecule has 29 heavy (non-hydrogen) atoms. The molecule has 4 nitrogen and oxygen atoms in total. The van der Waals surface area contributed by atoms with Crippen LogP contribution in [0.4, 0.5) is 4.39 Å². The zero-order valence-corrected chi connectivity index (χ0v) is 17.9. The van der Waals surface area contributed by atoms with E-state index in [0.717, 1.165) is 22.2 Å².